The van der Waals surface area contributed by atoms with E-state index >= 15 is 0 Å². The molecule has 2 rings (SSSR count). The lowest BCUT2D eigenvalue weighted by atomic mass is 9.75. The second kappa shape index (κ2) is 7.25. The summed E-state index contributed by atoms with van der Waals surface area (Å²) in [6.07, 6.45) is -10.2. The molecule has 0 aliphatic carbocycles. The van der Waals surface area contributed by atoms with Crippen LogP contribution in [-0.2, 0) is 11.6 Å². The number of hydrogen-bond donors (Lipinski definition) is 0. The number of aromatic nitrogens is 1. The lowest BCUT2D eigenvalue weighted by Crippen LogP contribution is -2.49. The standard InChI is InChI=1S/C15H10F6N2O3S/c16-14(17,18)10-3-1-9(2-4-10)13(8-23(25)26,15(19,20)21)7-11(24)12-22-5-6-27-12/h1-6H,7-8H2/t13-/m1/s1. The highest BCUT2D eigenvalue weighted by molar-refractivity contribution is 7.11. The number of thiazole rings is 1. The van der Waals surface area contributed by atoms with Gasteiger partial charge in [-0.2, -0.15) is 26.3 Å². The molecule has 0 unspecified atom stereocenters. The van der Waals surface area contributed by atoms with Gasteiger partial charge in [-0.25, -0.2) is 4.98 Å². The Morgan fingerprint density at radius 3 is 2.04 bits per heavy atom. The normalized spacial score (nSPS) is 14.6. The van der Waals surface area contributed by atoms with Crippen molar-refractivity contribution in [3.05, 3.63) is 62.1 Å². The predicted octanol–water partition coefficient (Wildman–Crippen LogP) is 4.51. The van der Waals surface area contributed by atoms with Crippen molar-refractivity contribution < 1.29 is 36.1 Å². The van der Waals surface area contributed by atoms with Crippen molar-refractivity contribution in [2.45, 2.75) is 24.2 Å². The molecule has 2 aromatic rings. The highest BCUT2D eigenvalue weighted by Gasteiger charge is 2.60. The number of nitro groups is 1. The number of nitrogens with zero attached hydrogens (tertiary/aromatic N) is 2. The fourth-order valence-corrected chi connectivity index (χ4v) is 3.09. The maximum atomic E-state index is 13.9. The van der Waals surface area contributed by atoms with Gasteiger partial charge in [0, 0.05) is 22.9 Å². The maximum Gasteiger partial charge on any atom is 0.416 e. The van der Waals surface area contributed by atoms with E-state index in [0.29, 0.717) is 24.3 Å². The van der Waals surface area contributed by atoms with Gasteiger partial charge in [-0.3, -0.25) is 14.9 Å². The van der Waals surface area contributed by atoms with Crippen molar-refractivity contribution in [3.8, 4) is 0 Å². The summed E-state index contributed by atoms with van der Waals surface area (Å²) in [5.41, 5.74) is -5.30. The second-order valence-corrected chi connectivity index (χ2v) is 6.48. The van der Waals surface area contributed by atoms with E-state index in [4.69, 9.17) is 0 Å². The number of ketones is 1. The van der Waals surface area contributed by atoms with E-state index in [2.05, 4.69) is 4.98 Å². The van der Waals surface area contributed by atoms with Crippen LogP contribution in [0.3, 0.4) is 0 Å². The number of benzene rings is 1. The zero-order chi connectivity index (χ0) is 20.5. The van der Waals surface area contributed by atoms with Crippen molar-refractivity contribution in [3.63, 3.8) is 0 Å². The minimum atomic E-state index is -5.27. The number of halogens is 6. The molecule has 0 radical (unpaired) electrons. The molecule has 1 aromatic carbocycles. The van der Waals surface area contributed by atoms with E-state index in [0.717, 1.165) is 11.3 Å². The first kappa shape index (κ1) is 20.8. The van der Waals surface area contributed by atoms with Gasteiger partial charge in [-0.05, 0) is 17.7 Å². The number of carbonyl (C=O) groups is 1. The van der Waals surface area contributed by atoms with Crippen molar-refractivity contribution in [1.82, 2.24) is 4.98 Å². The Kier molecular flexibility index (Phi) is 5.59. The van der Waals surface area contributed by atoms with Crippen LogP contribution in [0.5, 0.6) is 0 Å². The van der Waals surface area contributed by atoms with Gasteiger partial charge < -0.3 is 0 Å². The third-order valence-electron chi connectivity index (χ3n) is 3.84. The third kappa shape index (κ3) is 4.43. The molecule has 0 saturated carbocycles. The molecular weight excluding hydrogens is 402 g/mol. The van der Waals surface area contributed by atoms with Gasteiger partial charge in [0.1, 0.15) is 0 Å². The van der Waals surface area contributed by atoms with E-state index in [9.17, 15) is 41.3 Å². The number of rotatable bonds is 6. The zero-order valence-corrected chi connectivity index (χ0v) is 14.0. The maximum absolute atomic E-state index is 13.9. The molecule has 0 fully saturated rings. The molecule has 0 aliphatic rings. The third-order valence-corrected chi connectivity index (χ3v) is 4.65. The molecule has 0 aliphatic heterocycles. The summed E-state index contributed by atoms with van der Waals surface area (Å²) in [6, 6.07) is 1.80. The molecule has 1 atom stereocenters. The van der Waals surface area contributed by atoms with Crippen LogP contribution in [0.1, 0.15) is 27.3 Å². The Morgan fingerprint density at radius 1 is 1.07 bits per heavy atom. The Bertz CT molecular complexity index is 818. The highest BCUT2D eigenvalue weighted by Crippen LogP contribution is 2.45. The van der Waals surface area contributed by atoms with Gasteiger partial charge in [0.2, 0.25) is 6.54 Å². The van der Waals surface area contributed by atoms with Crippen LogP contribution in [0.25, 0.3) is 0 Å². The molecule has 0 saturated heterocycles. The average Bonchev–Trinajstić information content (AvgIpc) is 3.06. The average molecular weight is 412 g/mol. The first-order valence-electron chi connectivity index (χ1n) is 7.16. The summed E-state index contributed by atoms with van der Waals surface area (Å²) in [5, 5.41) is 12.0. The van der Waals surface area contributed by atoms with E-state index < -0.39 is 52.6 Å². The second-order valence-electron chi connectivity index (χ2n) is 5.58. The lowest BCUT2D eigenvalue weighted by molar-refractivity contribution is -0.501. The summed E-state index contributed by atoms with van der Waals surface area (Å²) in [4.78, 5) is 25.5. The highest BCUT2D eigenvalue weighted by atomic mass is 32.1. The topological polar surface area (TPSA) is 73.1 Å². The Balaban J connectivity index is 2.57. The summed E-state index contributed by atoms with van der Waals surface area (Å²) in [5.74, 6) is -1.09. The Morgan fingerprint density at radius 2 is 1.63 bits per heavy atom. The van der Waals surface area contributed by atoms with Crippen LogP contribution in [0.15, 0.2) is 35.8 Å². The molecule has 27 heavy (non-hydrogen) atoms. The van der Waals surface area contributed by atoms with Crippen LogP contribution < -0.4 is 0 Å². The van der Waals surface area contributed by atoms with Crippen LogP contribution in [0.2, 0.25) is 0 Å². The molecule has 1 aromatic heterocycles. The molecule has 12 heteroatoms. The van der Waals surface area contributed by atoms with E-state index in [1.54, 1.807) is 0 Å². The first-order chi connectivity index (χ1) is 12.4. The largest absolute Gasteiger partial charge is 0.416 e. The van der Waals surface area contributed by atoms with Crippen LogP contribution >= 0.6 is 11.3 Å². The number of hydrogen-bond acceptors (Lipinski definition) is 5. The van der Waals surface area contributed by atoms with Crippen LogP contribution in [0.4, 0.5) is 26.3 Å². The van der Waals surface area contributed by atoms with Crippen molar-refractivity contribution in [2.24, 2.45) is 0 Å². The van der Waals surface area contributed by atoms with Gasteiger partial charge in [0.05, 0.1) is 5.56 Å². The molecule has 5 nitrogen and oxygen atoms in total. The summed E-state index contributed by atoms with van der Waals surface area (Å²) in [6.45, 7) is -1.71. The van der Waals surface area contributed by atoms with E-state index in [1.807, 2.05) is 0 Å². The number of alkyl halides is 6. The zero-order valence-electron chi connectivity index (χ0n) is 13.2. The minimum Gasteiger partial charge on any atom is -0.291 e. The Hall–Kier alpha value is -2.50. The van der Waals surface area contributed by atoms with Gasteiger partial charge in [0.15, 0.2) is 16.2 Å². The summed E-state index contributed by atoms with van der Waals surface area (Å²) in [7, 11) is 0. The molecule has 0 N–H and O–H groups in total. The minimum absolute atomic E-state index is 0.279. The molecule has 1 heterocycles. The van der Waals surface area contributed by atoms with Crippen molar-refractivity contribution in [1.29, 1.82) is 0 Å². The molecule has 146 valence electrons. The molecule has 0 bridgehead atoms. The number of Topliss-reactive ketones (excluding diaryl/α,β-unsaturated/α-hetero) is 1. The van der Waals surface area contributed by atoms with Crippen LogP contribution in [-0.4, -0.2) is 28.4 Å². The van der Waals surface area contributed by atoms with Gasteiger partial charge in [-0.15, -0.1) is 11.3 Å². The Labute approximate surface area is 151 Å². The molecular formula is C15H10F6N2O3S. The van der Waals surface area contributed by atoms with Gasteiger partial charge in [-0.1, -0.05) is 12.1 Å². The van der Waals surface area contributed by atoms with Crippen LogP contribution in [0, 0.1) is 10.1 Å². The lowest BCUT2D eigenvalue weighted by Gasteiger charge is -2.32. The summed E-state index contributed by atoms with van der Waals surface area (Å²) >= 11 is 0.756. The fourth-order valence-electron chi connectivity index (χ4n) is 2.51. The molecule has 0 spiro atoms. The predicted molar refractivity (Wildman–Crippen MR) is 82.1 cm³/mol. The van der Waals surface area contributed by atoms with Crippen molar-refractivity contribution >= 4 is 17.1 Å². The quantitative estimate of drug-likeness (QED) is 0.303. The summed E-state index contributed by atoms with van der Waals surface area (Å²) < 4.78 is 79.6. The number of carbonyl (C=O) groups excluding carboxylic acids is 1. The fraction of sp³-hybridized carbons (Fsp3) is 0.333. The molecule has 0 amide bonds. The van der Waals surface area contributed by atoms with Gasteiger partial charge >= 0.3 is 12.4 Å². The monoisotopic (exact) mass is 412 g/mol. The van der Waals surface area contributed by atoms with Gasteiger partial charge in [0.25, 0.3) is 0 Å². The smallest absolute Gasteiger partial charge is 0.291 e. The van der Waals surface area contributed by atoms with E-state index in [1.165, 1.54) is 11.6 Å². The van der Waals surface area contributed by atoms with Crippen molar-refractivity contribution in [2.75, 3.05) is 6.54 Å². The SMILES string of the molecule is O=C(C[C@@](C[N+](=O)[O-])(c1ccc(C(F)(F)F)cc1)C(F)(F)F)c1nccs1. The van der Waals surface area contributed by atoms with E-state index in [-0.39, 0.29) is 5.01 Å². The first-order valence-corrected chi connectivity index (χ1v) is 8.04.